The molecule has 0 unspecified atom stereocenters. The van der Waals surface area contributed by atoms with E-state index in [1.807, 2.05) is 30.6 Å². The summed E-state index contributed by atoms with van der Waals surface area (Å²) in [7, 11) is 2.10. The van der Waals surface area contributed by atoms with E-state index in [-0.39, 0.29) is 12.4 Å². The summed E-state index contributed by atoms with van der Waals surface area (Å²) in [6.07, 6.45) is 4.66. The smallest absolute Gasteiger partial charge is 0.192 e. The van der Waals surface area contributed by atoms with Crippen LogP contribution in [0.2, 0.25) is 6.32 Å². The summed E-state index contributed by atoms with van der Waals surface area (Å²) < 4.78 is 14.3. The third kappa shape index (κ3) is 4.69. The van der Waals surface area contributed by atoms with Crippen LogP contribution in [-0.4, -0.2) is 30.8 Å². The zero-order valence-corrected chi connectivity index (χ0v) is 27.2. The molecule has 9 heteroatoms. The second-order valence-electron chi connectivity index (χ2n) is 12.0. The van der Waals surface area contributed by atoms with E-state index in [9.17, 15) is 0 Å². The summed E-state index contributed by atoms with van der Waals surface area (Å²) in [6.45, 7) is 8.88. The van der Waals surface area contributed by atoms with Crippen molar-refractivity contribution in [2.75, 3.05) is 4.81 Å². The first-order chi connectivity index (χ1) is 20.7. The second-order valence-corrected chi connectivity index (χ2v) is 13.0. The summed E-state index contributed by atoms with van der Waals surface area (Å²) >= 11 is 2.39. The SMILES string of the molecule is CCB1N(c2cc(C(C)(C)C)ccn2)c2cc(Oc3cccc(-n4[c](=[Pt])n(C)c5ccccc54)c3)ccc2-c2ccnn21. The fourth-order valence-corrected chi connectivity index (χ4v) is 6.85. The molecule has 7 nitrogen and oxygen atoms in total. The van der Waals surface area contributed by atoms with Gasteiger partial charge in [0.25, 0.3) is 0 Å². The van der Waals surface area contributed by atoms with Crippen molar-refractivity contribution in [3.05, 3.63) is 107 Å². The summed E-state index contributed by atoms with van der Waals surface area (Å²) in [5.41, 5.74) is 7.90. The molecule has 0 fully saturated rings. The molecule has 6 aromatic rings. The van der Waals surface area contributed by atoms with E-state index in [0.717, 1.165) is 55.6 Å². The molecule has 0 atom stereocenters. The first-order valence-electron chi connectivity index (χ1n) is 14.6. The van der Waals surface area contributed by atoms with Gasteiger partial charge in [0.1, 0.15) is 0 Å². The molecule has 0 saturated heterocycles. The maximum absolute atomic E-state index is 6.57. The van der Waals surface area contributed by atoms with Gasteiger partial charge < -0.3 is 0 Å². The van der Waals surface area contributed by atoms with Gasteiger partial charge in [-0.25, -0.2) is 0 Å². The number of fused-ring (bicyclic) bond motifs is 4. The summed E-state index contributed by atoms with van der Waals surface area (Å²) in [6, 6.07) is 29.5. The average Bonchev–Trinajstić information content (AvgIpc) is 3.59. The van der Waals surface area contributed by atoms with Crippen molar-refractivity contribution < 1.29 is 24.1 Å². The number of hydrogen-bond acceptors (Lipinski definition) is 4. The number of hydrogen-bond donors (Lipinski definition) is 0. The Balaban J connectivity index is 1.31. The minimum Gasteiger partial charge on any atom is -0.192 e. The van der Waals surface area contributed by atoms with E-state index < -0.39 is 0 Å². The van der Waals surface area contributed by atoms with Gasteiger partial charge in [0.05, 0.1) is 0 Å². The first-order valence-corrected chi connectivity index (χ1v) is 15.7. The topological polar surface area (TPSA) is 53.0 Å². The number of imidazole rings is 1. The number of aromatic nitrogens is 5. The number of pyridine rings is 1. The molecular weight excluding hydrogens is 714 g/mol. The molecule has 3 aromatic carbocycles. The summed E-state index contributed by atoms with van der Waals surface area (Å²) in [5, 5.41) is 4.73. The van der Waals surface area contributed by atoms with Gasteiger partial charge in [-0.1, -0.05) is 27.7 Å². The predicted octanol–water partition coefficient (Wildman–Crippen LogP) is 7.90. The average molecular weight is 748 g/mol. The van der Waals surface area contributed by atoms with Crippen molar-refractivity contribution in [2.24, 2.45) is 7.05 Å². The molecular formula is C34H33BN6OPt. The van der Waals surface area contributed by atoms with Crippen LogP contribution < -0.4 is 9.55 Å². The van der Waals surface area contributed by atoms with E-state index in [1.165, 1.54) is 11.1 Å². The molecule has 0 spiro atoms. The third-order valence-electron chi connectivity index (χ3n) is 8.20. The minimum absolute atomic E-state index is 0.00476. The zero-order chi connectivity index (χ0) is 29.9. The molecule has 0 radical (unpaired) electrons. The molecule has 0 saturated carbocycles. The van der Waals surface area contributed by atoms with E-state index >= 15 is 0 Å². The van der Waals surface area contributed by atoms with Crippen molar-refractivity contribution >= 4 is 29.5 Å². The van der Waals surface area contributed by atoms with E-state index in [0.29, 0.717) is 0 Å². The Hall–Kier alpha value is -4.16. The van der Waals surface area contributed by atoms with Crippen molar-refractivity contribution in [1.29, 1.82) is 0 Å². The second kappa shape index (κ2) is 10.5. The normalized spacial score (nSPS) is 12.9. The molecule has 43 heavy (non-hydrogen) atoms. The number of ether oxygens (including phenoxy) is 1. The van der Waals surface area contributed by atoms with Crippen LogP contribution in [0, 0.1) is 3.80 Å². The quantitative estimate of drug-likeness (QED) is 0.169. The van der Waals surface area contributed by atoms with E-state index in [4.69, 9.17) is 14.8 Å². The number of aryl methyl sites for hydroxylation is 1. The standard InChI is InChI=1S/C34H33BN6O.Pt/c1-6-35-40(33-20-24(16-18-36-33)34(2,3)4)32-22-27(14-15-28(32)29-17-19-37-41(29)35)42-26-11-9-10-25(21-26)39-23-38(5)30-12-7-8-13-31(30)39;/h7-22H,6H2,1-5H3;. The van der Waals surface area contributed by atoms with Crippen LogP contribution >= 0.6 is 0 Å². The van der Waals surface area contributed by atoms with Crippen LogP contribution in [0.4, 0.5) is 11.5 Å². The van der Waals surface area contributed by atoms with Crippen LogP contribution in [0.5, 0.6) is 11.5 Å². The van der Waals surface area contributed by atoms with Crippen LogP contribution in [0.15, 0.2) is 97.3 Å². The molecule has 218 valence electrons. The Kier molecular flexibility index (Phi) is 6.77. The molecule has 4 heterocycles. The molecule has 1 aliphatic heterocycles. The Morgan fingerprint density at radius 3 is 2.44 bits per heavy atom. The van der Waals surface area contributed by atoms with Crippen LogP contribution in [-0.2, 0) is 31.8 Å². The van der Waals surface area contributed by atoms with Gasteiger partial charge >= 0.3 is 202 Å². The van der Waals surface area contributed by atoms with Gasteiger partial charge in [0, 0.05) is 12.4 Å². The van der Waals surface area contributed by atoms with Crippen LogP contribution in [0.3, 0.4) is 0 Å². The molecule has 0 bridgehead atoms. The Bertz CT molecular complexity index is 2050. The van der Waals surface area contributed by atoms with Crippen molar-refractivity contribution in [2.45, 2.75) is 39.4 Å². The first kappa shape index (κ1) is 27.7. The zero-order valence-electron chi connectivity index (χ0n) is 24.9. The molecule has 1 aliphatic rings. The van der Waals surface area contributed by atoms with Crippen LogP contribution in [0.25, 0.3) is 28.0 Å². The number of nitrogens with zero attached hydrogens (tertiary/aromatic N) is 6. The number of rotatable bonds is 5. The van der Waals surface area contributed by atoms with Crippen molar-refractivity contribution in [3.8, 4) is 28.4 Å². The molecule has 3 aromatic heterocycles. The van der Waals surface area contributed by atoms with Gasteiger partial charge in [-0.15, -0.1) is 0 Å². The summed E-state index contributed by atoms with van der Waals surface area (Å²) in [5.74, 6) is 2.46. The van der Waals surface area contributed by atoms with E-state index in [2.05, 4.69) is 139 Å². The van der Waals surface area contributed by atoms with Crippen molar-refractivity contribution in [3.63, 3.8) is 0 Å². The van der Waals surface area contributed by atoms with Gasteiger partial charge in [0.15, 0.2) is 0 Å². The number of benzene rings is 3. The van der Waals surface area contributed by atoms with E-state index in [1.54, 1.807) is 0 Å². The Labute approximate surface area is 262 Å². The van der Waals surface area contributed by atoms with Gasteiger partial charge in [0.2, 0.25) is 0 Å². The molecule has 0 aliphatic carbocycles. The molecule has 0 amide bonds. The third-order valence-corrected chi connectivity index (χ3v) is 9.47. The predicted molar refractivity (Wildman–Crippen MR) is 170 cm³/mol. The van der Waals surface area contributed by atoms with Gasteiger partial charge in [-0.2, -0.15) is 5.10 Å². The monoisotopic (exact) mass is 747 g/mol. The molecule has 7 rings (SSSR count). The number of anilines is 2. The minimum atomic E-state index is -0.0105. The maximum atomic E-state index is 6.57. The Morgan fingerprint density at radius 2 is 1.65 bits per heavy atom. The fraction of sp³-hybridized carbons (Fsp3) is 0.206. The molecule has 0 N–H and O–H groups in total. The fourth-order valence-electron chi connectivity index (χ4n) is 6.00. The number of para-hydroxylation sites is 2. The summed E-state index contributed by atoms with van der Waals surface area (Å²) in [4.78, 5) is 7.17. The van der Waals surface area contributed by atoms with Crippen molar-refractivity contribution in [1.82, 2.24) is 23.8 Å². The van der Waals surface area contributed by atoms with Gasteiger partial charge in [-0.05, 0) is 17.0 Å². The van der Waals surface area contributed by atoms with Crippen LogP contribution in [0.1, 0.15) is 33.3 Å². The Morgan fingerprint density at radius 1 is 0.860 bits per heavy atom. The van der Waals surface area contributed by atoms with Gasteiger partial charge in [-0.3, -0.25) is 0 Å².